The smallest absolute Gasteiger partial charge is 0.410 e. The van der Waals surface area contributed by atoms with Crippen LogP contribution in [0.4, 0.5) is 4.79 Å². The van der Waals surface area contributed by atoms with Gasteiger partial charge in [-0.3, -0.25) is 0 Å². The zero-order valence-electron chi connectivity index (χ0n) is 11.4. The minimum atomic E-state index is -0.446. The number of carbonyl (C=O) groups excluding carboxylic acids is 1. The van der Waals surface area contributed by atoms with Crippen molar-refractivity contribution in [2.24, 2.45) is 5.92 Å². The first-order valence-corrected chi connectivity index (χ1v) is 6.04. The molecule has 1 amide bonds. The summed E-state index contributed by atoms with van der Waals surface area (Å²) in [6.07, 6.45) is 4.30. The van der Waals surface area contributed by atoms with Crippen LogP contribution in [0.15, 0.2) is 12.3 Å². The summed E-state index contributed by atoms with van der Waals surface area (Å²) in [5, 5.41) is 0. The van der Waals surface area contributed by atoms with Crippen molar-refractivity contribution in [3.05, 3.63) is 12.3 Å². The van der Waals surface area contributed by atoms with Gasteiger partial charge in [-0.1, -0.05) is 6.92 Å². The van der Waals surface area contributed by atoms with Crippen molar-refractivity contribution in [2.75, 3.05) is 13.7 Å². The molecule has 0 unspecified atom stereocenters. The van der Waals surface area contributed by atoms with Gasteiger partial charge in [0.2, 0.25) is 0 Å². The van der Waals surface area contributed by atoms with Gasteiger partial charge in [0, 0.05) is 6.54 Å². The molecule has 0 aromatic heterocycles. The van der Waals surface area contributed by atoms with Crippen molar-refractivity contribution in [1.29, 1.82) is 0 Å². The van der Waals surface area contributed by atoms with Gasteiger partial charge in [0.1, 0.15) is 5.60 Å². The Hall–Kier alpha value is -1.19. The predicted molar refractivity (Wildman–Crippen MR) is 66.7 cm³/mol. The summed E-state index contributed by atoms with van der Waals surface area (Å²) in [6, 6.07) is 0.0739. The van der Waals surface area contributed by atoms with E-state index in [-0.39, 0.29) is 12.1 Å². The number of methoxy groups -OCH3 is 1. The van der Waals surface area contributed by atoms with Crippen LogP contribution in [0.2, 0.25) is 0 Å². The van der Waals surface area contributed by atoms with Crippen LogP contribution in [0.25, 0.3) is 0 Å². The van der Waals surface area contributed by atoms with Gasteiger partial charge in [-0.2, -0.15) is 0 Å². The zero-order chi connectivity index (χ0) is 13.1. The second kappa shape index (κ2) is 5.43. The van der Waals surface area contributed by atoms with Crippen molar-refractivity contribution in [3.63, 3.8) is 0 Å². The normalized spacial score (nSPS) is 25.4. The number of amides is 1. The second-order valence-corrected chi connectivity index (χ2v) is 5.49. The molecule has 0 bridgehead atoms. The van der Waals surface area contributed by atoms with Gasteiger partial charge in [-0.05, 0) is 39.2 Å². The highest BCUT2D eigenvalue weighted by molar-refractivity contribution is 5.69. The first-order chi connectivity index (χ1) is 7.85. The third kappa shape index (κ3) is 3.95. The molecule has 0 aromatic rings. The number of rotatable bonds is 2. The lowest BCUT2D eigenvalue weighted by atomic mass is 10.0. The number of hydrogen-bond donors (Lipinski definition) is 0. The maximum atomic E-state index is 12.0. The summed E-state index contributed by atoms with van der Waals surface area (Å²) in [7, 11) is 1.61. The van der Waals surface area contributed by atoms with Crippen molar-refractivity contribution >= 4 is 6.09 Å². The van der Waals surface area contributed by atoms with E-state index in [0.29, 0.717) is 5.92 Å². The van der Waals surface area contributed by atoms with Gasteiger partial charge < -0.3 is 14.4 Å². The largest absolute Gasteiger partial charge is 0.505 e. The van der Waals surface area contributed by atoms with E-state index in [2.05, 4.69) is 6.92 Å². The highest BCUT2D eigenvalue weighted by Crippen LogP contribution is 2.26. The minimum Gasteiger partial charge on any atom is -0.505 e. The van der Waals surface area contributed by atoms with Crippen molar-refractivity contribution in [1.82, 2.24) is 4.90 Å². The molecule has 0 saturated carbocycles. The maximum absolute atomic E-state index is 12.0. The molecule has 4 heteroatoms. The Morgan fingerprint density at radius 3 is 2.59 bits per heavy atom. The average Bonchev–Trinajstić information content (AvgIpc) is 2.54. The van der Waals surface area contributed by atoms with Crippen LogP contribution in [-0.4, -0.2) is 36.3 Å². The summed E-state index contributed by atoms with van der Waals surface area (Å²) in [6.45, 7) is 8.52. The molecule has 1 saturated heterocycles. The number of nitrogens with zero attached hydrogens (tertiary/aromatic N) is 1. The molecule has 0 N–H and O–H groups in total. The number of ether oxygens (including phenoxy) is 2. The summed E-state index contributed by atoms with van der Waals surface area (Å²) >= 11 is 0. The Balaban J connectivity index is 2.68. The lowest BCUT2D eigenvalue weighted by Crippen LogP contribution is -2.40. The molecule has 0 aliphatic carbocycles. The van der Waals surface area contributed by atoms with Crippen molar-refractivity contribution < 1.29 is 14.3 Å². The molecule has 1 aliphatic rings. The van der Waals surface area contributed by atoms with E-state index in [9.17, 15) is 4.79 Å². The van der Waals surface area contributed by atoms with Gasteiger partial charge in [0.05, 0.1) is 19.4 Å². The van der Waals surface area contributed by atoms with Crippen LogP contribution in [0.5, 0.6) is 0 Å². The summed E-state index contributed by atoms with van der Waals surface area (Å²) in [5.41, 5.74) is -0.446. The third-order valence-corrected chi connectivity index (χ3v) is 2.81. The molecule has 1 aliphatic heterocycles. The van der Waals surface area contributed by atoms with E-state index < -0.39 is 5.60 Å². The molecule has 1 heterocycles. The minimum absolute atomic E-state index is 0.0739. The standard InChI is InChI=1S/C13H23NO3/c1-10-6-8-14(11(10)7-9-16-5)12(15)17-13(2,3)4/h7,9-11H,6,8H2,1-5H3/b9-7-/t10-,11-/m1/s1. The fourth-order valence-corrected chi connectivity index (χ4v) is 1.96. The monoisotopic (exact) mass is 241 g/mol. The molecule has 0 spiro atoms. The van der Waals surface area contributed by atoms with E-state index in [1.165, 1.54) is 0 Å². The van der Waals surface area contributed by atoms with Crippen LogP contribution < -0.4 is 0 Å². The Morgan fingerprint density at radius 2 is 2.06 bits per heavy atom. The van der Waals surface area contributed by atoms with Gasteiger partial charge >= 0.3 is 6.09 Å². The van der Waals surface area contributed by atoms with E-state index in [0.717, 1.165) is 13.0 Å². The fourth-order valence-electron chi connectivity index (χ4n) is 1.96. The molecule has 0 aromatic carbocycles. The zero-order valence-corrected chi connectivity index (χ0v) is 11.4. The van der Waals surface area contributed by atoms with E-state index in [1.807, 2.05) is 26.8 Å². The van der Waals surface area contributed by atoms with Crippen LogP contribution in [0, 0.1) is 5.92 Å². The fraction of sp³-hybridized carbons (Fsp3) is 0.769. The highest BCUT2D eigenvalue weighted by Gasteiger charge is 2.35. The molecule has 0 radical (unpaired) electrons. The first-order valence-electron chi connectivity index (χ1n) is 6.04. The first kappa shape index (κ1) is 13.9. The molecule has 4 nitrogen and oxygen atoms in total. The van der Waals surface area contributed by atoms with E-state index >= 15 is 0 Å². The molecule has 2 atom stereocenters. The second-order valence-electron chi connectivity index (χ2n) is 5.49. The SMILES string of the molecule is CO/C=C\[C@@H]1[C@H](C)CCN1C(=O)OC(C)(C)C. The maximum Gasteiger partial charge on any atom is 0.410 e. The Bertz CT molecular complexity index is 294. The van der Waals surface area contributed by atoms with Crippen LogP contribution in [0.3, 0.4) is 0 Å². The summed E-state index contributed by atoms with van der Waals surface area (Å²) in [4.78, 5) is 13.8. The lowest BCUT2D eigenvalue weighted by molar-refractivity contribution is 0.0243. The quantitative estimate of drug-likeness (QED) is 0.698. The third-order valence-electron chi connectivity index (χ3n) is 2.81. The highest BCUT2D eigenvalue weighted by atomic mass is 16.6. The molecular formula is C13H23NO3. The van der Waals surface area contributed by atoms with Gasteiger partial charge in [-0.15, -0.1) is 0 Å². The molecule has 1 rings (SSSR count). The average molecular weight is 241 g/mol. The topological polar surface area (TPSA) is 38.8 Å². The van der Waals surface area contributed by atoms with E-state index in [4.69, 9.17) is 9.47 Å². The van der Waals surface area contributed by atoms with Gasteiger partial charge in [0.25, 0.3) is 0 Å². The van der Waals surface area contributed by atoms with Gasteiger partial charge in [-0.25, -0.2) is 4.79 Å². The Labute approximate surface area is 104 Å². The van der Waals surface area contributed by atoms with E-state index in [1.54, 1.807) is 18.3 Å². The number of carbonyl (C=O) groups is 1. The summed E-state index contributed by atoms with van der Waals surface area (Å²) in [5.74, 6) is 0.439. The van der Waals surface area contributed by atoms with Crippen LogP contribution in [0.1, 0.15) is 34.1 Å². The lowest BCUT2D eigenvalue weighted by Gasteiger charge is -2.28. The Morgan fingerprint density at radius 1 is 1.41 bits per heavy atom. The molecule has 17 heavy (non-hydrogen) atoms. The van der Waals surface area contributed by atoms with Crippen molar-refractivity contribution in [3.8, 4) is 0 Å². The van der Waals surface area contributed by atoms with Crippen LogP contribution in [-0.2, 0) is 9.47 Å². The Kier molecular flexibility index (Phi) is 4.43. The molecule has 1 fully saturated rings. The summed E-state index contributed by atoms with van der Waals surface area (Å²) < 4.78 is 10.3. The molecule has 98 valence electrons. The van der Waals surface area contributed by atoms with Gasteiger partial charge in [0.15, 0.2) is 0 Å². The number of likely N-dealkylation sites (tertiary alicyclic amines) is 1. The number of hydrogen-bond acceptors (Lipinski definition) is 3. The van der Waals surface area contributed by atoms with Crippen molar-refractivity contribution in [2.45, 2.75) is 45.8 Å². The predicted octanol–water partition coefficient (Wildman–Crippen LogP) is 2.79. The molecular weight excluding hydrogens is 218 g/mol. The van der Waals surface area contributed by atoms with Crippen LogP contribution >= 0.6 is 0 Å².